The minimum Gasteiger partial charge on any atom is -0.481 e. The van der Waals surface area contributed by atoms with Gasteiger partial charge in [-0.3, -0.25) is 24.0 Å². The Kier molecular flexibility index (Phi) is 8.97. The molecule has 0 rings (SSSR count). The molecule has 0 spiro atoms. The molecule has 8 N–H and O–H groups in total. The first kappa shape index (κ1) is 21.3. The van der Waals surface area contributed by atoms with Gasteiger partial charge in [0.2, 0.25) is 17.7 Å². The Balaban J connectivity index is 4.94. The Morgan fingerprint density at radius 1 is 0.958 bits per heavy atom. The van der Waals surface area contributed by atoms with Crippen molar-refractivity contribution < 1.29 is 39.3 Å². The lowest BCUT2D eigenvalue weighted by Gasteiger charge is -2.21. The number of carbonyl (C=O) groups is 5. The first-order valence-electron chi connectivity index (χ1n) is 6.78. The first-order chi connectivity index (χ1) is 11.1. The zero-order valence-electron chi connectivity index (χ0n) is 12.8. The van der Waals surface area contributed by atoms with Crippen molar-refractivity contribution in [2.24, 2.45) is 5.73 Å². The minimum atomic E-state index is -1.52. The number of aliphatic hydroxyl groups is 1. The van der Waals surface area contributed by atoms with Crippen molar-refractivity contribution in [3.63, 3.8) is 0 Å². The molecule has 24 heavy (non-hydrogen) atoms. The third-order valence-electron chi connectivity index (χ3n) is 2.76. The molecule has 0 aromatic rings. The molecule has 0 aliphatic heterocycles. The number of hydrogen-bond donors (Lipinski definition) is 7. The molecule has 3 atom stereocenters. The smallest absolute Gasteiger partial charge is 0.325 e. The van der Waals surface area contributed by atoms with Crippen LogP contribution in [0.2, 0.25) is 0 Å². The minimum absolute atomic E-state index is 0.483. The Hall–Kier alpha value is -2.73. The van der Waals surface area contributed by atoms with Gasteiger partial charge in [-0.1, -0.05) is 0 Å². The molecule has 0 saturated carbocycles. The topological polar surface area (TPSA) is 208 Å². The van der Waals surface area contributed by atoms with E-state index in [1.807, 2.05) is 10.6 Å². The summed E-state index contributed by atoms with van der Waals surface area (Å²) >= 11 is 0. The third kappa shape index (κ3) is 7.51. The van der Waals surface area contributed by atoms with Gasteiger partial charge >= 0.3 is 11.9 Å². The van der Waals surface area contributed by atoms with Crippen LogP contribution in [0, 0.1) is 0 Å². The van der Waals surface area contributed by atoms with Gasteiger partial charge in [0.25, 0.3) is 0 Å². The molecule has 3 amide bonds. The number of hydrogen-bond acceptors (Lipinski definition) is 7. The largest absolute Gasteiger partial charge is 0.481 e. The van der Waals surface area contributed by atoms with Crippen molar-refractivity contribution in [3.05, 3.63) is 0 Å². The predicted molar refractivity (Wildman–Crippen MR) is 77.5 cm³/mol. The van der Waals surface area contributed by atoms with E-state index >= 15 is 0 Å². The molecule has 12 heteroatoms. The highest BCUT2D eigenvalue weighted by Crippen LogP contribution is 1.96. The third-order valence-corrected chi connectivity index (χ3v) is 2.76. The van der Waals surface area contributed by atoms with Gasteiger partial charge in [-0.05, 0) is 6.92 Å². The molecule has 0 aromatic heterocycles. The predicted octanol–water partition coefficient (Wildman–Crippen LogP) is -4.03. The van der Waals surface area contributed by atoms with Gasteiger partial charge in [-0.2, -0.15) is 0 Å². The normalized spacial score (nSPS) is 14.0. The van der Waals surface area contributed by atoms with E-state index in [9.17, 15) is 24.0 Å². The lowest BCUT2D eigenvalue weighted by atomic mass is 10.1. The fourth-order valence-corrected chi connectivity index (χ4v) is 1.48. The van der Waals surface area contributed by atoms with E-state index in [0.717, 1.165) is 0 Å². The molecule has 0 fully saturated rings. The van der Waals surface area contributed by atoms with Crippen LogP contribution in [0.5, 0.6) is 0 Å². The fourth-order valence-electron chi connectivity index (χ4n) is 1.48. The Labute approximate surface area is 136 Å². The van der Waals surface area contributed by atoms with Gasteiger partial charge in [-0.25, -0.2) is 0 Å². The number of carboxylic acids is 2. The number of rotatable bonds is 10. The summed E-state index contributed by atoms with van der Waals surface area (Å²) in [6, 6.07) is -4.31. The van der Waals surface area contributed by atoms with Gasteiger partial charge in [0.15, 0.2) is 0 Å². The molecule has 0 aliphatic carbocycles. The van der Waals surface area contributed by atoms with E-state index in [0.29, 0.717) is 0 Å². The second-order valence-corrected chi connectivity index (χ2v) is 4.73. The number of amides is 3. The molecule has 3 unspecified atom stereocenters. The molecule has 0 aliphatic rings. The van der Waals surface area contributed by atoms with Crippen molar-refractivity contribution >= 4 is 29.7 Å². The van der Waals surface area contributed by atoms with E-state index in [-0.39, 0.29) is 0 Å². The van der Waals surface area contributed by atoms with Crippen molar-refractivity contribution in [2.45, 2.75) is 31.5 Å². The van der Waals surface area contributed by atoms with Crippen LogP contribution in [0.1, 0.15) is 13.3 Å². The van der Waals surface area contributed by atoms with E-state index in [1.54, 1.807) is 0 Å². The lowest BCUT2D eigenvalue weighted by molar-refractivity contribution is -0.143. The van der Waals surface area contributed by atoms with Crippen LogP contribution >= 0.6 is 0 Å². The number of carboxylic acid groups (broad SMARTS) is 2. The maximum Gasteiger partial charge on any atom is 0.325 e. The van der Waals surface area contributed by atoms with Crippen molar-refractivity contribution in [3.8, 4) is 0 Å². The maximum absolute atomic E-state index is 12.0. The fraction of sp³-hybridized carbons (Fsp3) is 0.583. The second-order valence-electron chi connectivity index (χ2n) is 4.73. The van der Waals surface area contributed by atoms with Crippen LogP contribution in [0.15, 0.2) is 0 Å². The summed E-state index contributed by atoms with van der Waals surface area (Å²) in [4.78, 5) is 56.4. The highest BCUT2D eigenvalue weighted by molar-refractivity contribution is 5.95. The molecule has 136 valence electrons. The summed E-state index contributed by atoms with van der Waals surface area (Å²) in [6.45, 7) is -0.177. The van der Waals surface area contributed by atoms with Gasteiger partial charge in [0, 0.05) is 0 Å². The number of nitrogens with two attached hydrogens (primary N) is 1. The van der Waals surface area contributed by atoms with Crippen LogP contribution in [0.3, 0.4) is 0 Å². The number of nitrogens with one attached hydrogen (secondary N) is 3. The summed E-state index contributed by atoms with van der Waals surface area (Å²) in [5, 5.41) is 32.7. The van der Waals surface area contributed by atoms with Gasteiger partial charge in [-0.15, -0.1) is 0 Å². The standard InChI is InChI=1S/C12H20N4O8/c1-5(12(23)24)14-11(22)7(4-17)16-10(21)6(2-9(19)20)15-8(18)3-13/h5-7,17H,2-4,13H2,1H3,(H,14,22)(H,15,18)(H,16,21)(H,19,20)(H,23,24). The van der Waals surface area contributed by atoms with Gasteiger partial charge in [0.1, 0.15) is 18.1 Å². The molecule has 0 bridgehead atoms. The quantitative estimate of drug-likeness (QED) is 0.205. The summed E-state index contributed by atoms with van der Waals surface area (Å²) in [6.07, 6.45) is -0.775. The summed E-state index contributed by atoms with van der Waals surface area (Å²) in [7, 11) is 0. The molecule has 12 nitrogen and oxygen atoms in total. The summed E-state index contributed by atoms with van der Waals surface area (Å²) in [5.41, 5.74) is 5.06. The average molecular weight is 348 g/mol. The number of aliphatic hydroxyl groups excluding tert-OH is 1. The SMILES string of the molecule is CC(NC(=O)C(CO)NC(=O)C(CC(=O)O)NC(=O)CN)C(=O)O. The highest BCUT2D eigenvalue weighted by Gasteiger charge is 2.29. The van der Waals surface area contributed by atoms with Crippen LogP contribution in [-0.4, -0.2) is 76.3 Å². The Morgan fingerprint density at radius 3 is 1.92 bits per heavy atom. The number of carbonyl (C=O) groups excluding carboxylic acids is 3. The van der Waals surface area contributed by atoms with Gasteiger partial charge < -0.3 is 37.0 Å². The van der Waals surface area contributed by atoms with E-state index < -0.39 is 67.4 Å². The molecular weight excluding hydrogens is 328 g/mol. The monoisotopic (exact) mass is 348 g/mol. The lowest BCUT2D eigenvalue weighted by Crippen LogP contribution is -2.57. The van der Waals surface area contributed by atoms with Crippen molar-refractivity contribution in [1.29, 1.82) is 0 Å². The Morgan fingerprint density at radius 2 is 1.50 bits per heavy atom. The molecule has 0 heterocycles. The zero-order chi connectivity index (χ0) is 18.9. The van der Waals surface area contributed by atoms with E-state index in [2.05, 4.69) is 5.32 Å². The second kappa shape index (κ2) is 10.1. The molecular formula is C12H20N4O8. The number of aliphatic carboxylic acids is 2. The van der Waals surface area contributed by atoms with Crippen LogP contribution < -0.4 is 21.7 Å². The summed E-state index contributed by atoms with van der Waals surface area (Å²) in [5.74, 6) is -5.54. The average Bonchev–Trinajstić information content (AvgIpc) is 2.50. The van der Waals surface area contributed by atoms with E-state index in [1.165, 1.54) is 6.92 Å². The maximum atomic E-state index is 12.0. The Bertz CT molecular complexity index is 509. The van der Waals surface area contributed by atoms with E-state index in [4.69, 9.17) is 21.1 Å². The van der Waals surface area contributed by atoms with Crippen LogP contribution in [-0.2, 0) is 24.0 Å². The molecule has 0 aromatic carbocycles. The van der Waals surface area contributed by atoms with Crippen molar-refractivity contribution in [2.75, 3.05) is 13.2 Å². The first-order valence-corrected chi connectivity index (χ1v) is 6.78. The van der Waals surface area contributed by atoms with Crippen LogP contribution in [0.4, 0.5) is 0 Å². The van der Waals surface area contributed by atoms with Crippen LogP contribution in [0.25, 0.3) is 0 Å². The van der Waals surface area contributed by atoms with Crippen molar-refractivity contribution in [1.82, 2.24) is 16.0 Å². The zero-order valence-corrected chi connectivity index (χ0v) is 12.8. The van der Waals surface area contributed by atoms with Gasteiger partial charge in [0.05, 0.1) is 19.6 Å². The molecule has 0 saturated heterocycles. The highest BCUT2D eigenvalue weighted by atomic mass is 16.4. The summed E-state index contributed by atoms with van der Waals surface area (Å²) < 4.78 is 0. The molecule has 0 radical (unpaired) electrons.